The molecular formula is C12H14ClN. The first-order valence-electron chi connectivity index (χ1n) is 4.89. The molecule has 2 heterocycles. The first-order chi connectivity index (χ1) is 6.81. The molecule has 0 radical (unpaired) electrons. The third-order valence-electron chi connectivity index (χ3n) is 2.66. The summed E-state index contributed by atoms with van der Waals surface area (Å²) in [5.74, 6) is 0.712. The summed E-state index contributed by atoms with van der Waals surface area (Å²) in [6, 6.07) is 0. The zero-order valence-corrected chi connectivity index (χ0v) is 9.09. The van der Waals surface area contributed by atoms with Gasteiger partial charge in [-0.15, -0.1) is 11.6 Å². The van der Waals surface area contributed by atoms with Crippen LogP contribution in [-0.2, 0) is 0 Å². The minimum absolute atomic E-state index is 0.712. The van der Waals surface area contributed by atoms with Crippen LogP contribution in [0.3, 0.4) is 0 Å². The summed E-state index contributed by atoms with van der Waals surface area (Å²) in [7, 11) is 0. The van der Waals surface area contributed by atoms with Gasteiger partial charge in [0.15, 0.2) is 0 Å². The van der Waals surface area contributed by atoms with Crippen LogP contribution in [0.25, 0.3) is 0 Å². The third kappa shape index (κ3) is 1.78. The Labute approximate surface area is 90.0 Å². The van der Waals surface area contributed by atoms with Crippen molar-refractivity contribution in [1.82, 2.24) is 4.90 Å². The lowest BCUT2D eigenvalue weighted by Crippen LogP contribution is -2.24. The van der Waals surface area contributed by atoms with E-state index >= 15 is 0 Å². The SMILES string of the molecule is CC1=C(CCCl)CN2C=CC=CC2=C1. The lowest BCUT2D eigenvalue weighted by molar-refractivity contribution is 0.498. The van der Waals surface area contributed by atoms with Gasteiger partial charge in [0.25, 0.3) is 0 Å². The Balaban J connectivity index is 2.25. The Morgan fingerprint density at radius 1 is 1.43 bits per heavy atom. The second-order valence-corrected chi connectivity index (χ2v) is 4.00. The standard InChI is InChI=1S/C12H14ClN/c1-10-8-12-4-2-3-7-14(12)9-11(10)5-6-13/h2-4,7-8H,5-6,9H2,1H3. The largest absolute Gasteiger partial charge is 0.344 e. The van der Waals surface area contributed by atoms with Crippen molar-refractivity contribution in [2.24, 2.45) is 0 Å². The fourth-order valence-corrected chi connectivity index (χ4v) is 2.04. The molecule has 0 aromatic carbocycles. The number of hydrogen-bond acceptors (Lipinski definition) is 1. The highest BCUT2D eigenvalue weighted by Gasteiger charge is 2.15. The van der Waals surface area contributed by atoms with Gasteiger partial charge in [-0.3, -0.25) is 0 Å². The summed E-state index contributed by atoms with van der Waals surface area (Å²) in [4.78, 5) is 2.26. The van der Waals surface area contributed by atoms with E-state index in [-0.39, 0.29) is 0 Å². The topological polar surface area (TPSA) is 3.24 Å². The fraction of sp³-hybridized carbons (Fsp3) is 0.333. The third-order valence-corrected chi connectivity index (χ3v) is 2.84. The van der Waals surface area contributed by atoms with Crippen LogP contribution in [0.15, 0.2) is 47.3 Å². The molecule has 0 aromatic heterocycles. The van der Waals surface area contributed by atoms with Gasteiger partial charge in [-0.05, 0) is 42.7 Å². The smallest absolute Gasteiger partial charge is 0.0441 e. The molecule has 0 aliphatic carbocycles. The molecule has 14 heavy (non-hydrogen) atoms. The average Bonchev–Trinajstić information content (AvgIpc) is 2.19. The minimum Gasteiger partial charge on any atom is -0.344 e. The predicted octanol–water partition coefficient (Wildman–Crippen LogP) is 3.21. The van der Waals surface area contributed by atoms with E-state index < -0.39 is 0 Å². The monoisotopic (exact) mass is 207 g/mol. The quantitative estimate of drug-likeness (QED) is 0.629. The number of allylic oxidation sites excluding steroid dienone is 5. The fourth-order valence-electron chi connectivity index (χ4n) is 1.81. The molecule has 0 saturated carbocycles. The van der Waals surface area contributed by atoms with Crippen molar-refractivity contribution in [3.05, 3.63) is 47.3 Å². The Hall–Kier alpha value is -0.950. The van der Waals surface area contributed by atoms with E-state index in [1.165, 1.54) is 16.8 Å². The Kier molecular flexibility index (Phi) is 2.78. The number of fused-ring (bicyclic) bond motifs is 1. The lowest BCUT2D eigenvalue weighted by atomic mass is 10.0. The molecule has 2 heteroatoms. The van der Waals surface area contributed by atoms with Crippen LogP contribution in [-0.4, -0.2) is 17.3 Å². The van der Waals surface area contributed by atoms with Gasteiger partial charge in [-0.25, -0.2) is 0 Å². The van der Waals surface area contributed by atoms with Crippen LogP contribution in [0, 0.1) is 0 Å². The number of rotatable bonds is 2. The van der Waals surface area contributed by atoms with Crippen molar-refractivity contribution in [2.45, 2.75) is 13.3 Å². The first-order valence-corrected chi connectivity index (χ1v) is 5.42. The second kappa shape index (κ2) is 4.05. The maximum Gasteiger partial charge on any atom is 0.0441 e. The van der Waals surface area contributed by atoms with Gasteiger partial charge in [-0.2, -0.15) is 0 Å². The van der Waals surface area contributed by atoms with Gasteiger partial charge in [0.2, 0.25) is 0 Å². The average molecular weight is 208 g/mol. The molecular weight excluding hydrogens is 194 g/mol. The molecule has 0 N–H and O–H groups in total. The summed E-state index contributed by atoms with van der Waals surface area (Å²) >= 11 is 5.77. The van der Waals surface area contributed by atoms with E-state index in [4.69, 9.17) is 11.6 Å². The Morgan fingerprint density at radius 2 is 2.29 bits per heavy atom. The molecule has 0 amide bonds. The first kappa shape index (κ1) is 9.60. The van der Waals surface area contributed by atoms with E-state index in [1.807, 2.05) is 0 Å². The number of nitrogens with zero attached hydrogens (tertiary/aromatic N) is 1. The van der Waals surface area contributed by atoms with Crippen LogP contribution in [0.5, 0.6) is 0 Å². The highest BCUT2D eigenvalue weighted by molar-refractivity contribution is 6.18. The number of halogens is 1. The summed E-state index contributed by atoms with van der Waals surface area (Å²) in [5, 5.41) is 0. The molecule has 0 saturated heterocycles. The van der Waals surface area contributed by atoms with Gasteiger partial charge < -0.3 is 4.90 Å². The van der Waals surface area contributed by atoms with Crippen LogP contribution in [0.2, 0.25) is 0 Å². The summed E-state index contributed by atoms with van der Waals surface area (Å²) in [5.41, 5.74) is 4.10. The molecule has 2 aliphatic heterocycles. The molecule has 0 atom stereocenters. The van der Waals surface area contributed by atoms with Crippen molar-refractivity contribution in [2.75, 3.05) is 12.4 Å². The minimum atomic E-state index is 0.712. The van der Waals surface area contributed by atoms with Gasteiger partial charge in [0.05, 0.1) is 0 Å². The molecule has 2 aliphatic rings. The lowest BCUT2D eigenvalue weighted by Gasteiger charge is -2.29. The van der Waals surface area contributed by atoms with Crippen molar-refractivity contribution in [3.8, 4) is 0 Å². The Bertz CT molecular complexity index is 347. The summed E-state index contributed by atoms with van der Waals surface area (Å²) in [6.07, 6.45) is 11.6. The van der Waals surface area contributed by atoms with Crippen LogP contribution < -0.4 is 0 Å². The molecule has 2 rings (SSSR count). The van der Waals surface area contributed by atoms with Crippen LogP contribution >= 0.6 is 11.6 Å². The van der Waals surface area contributed by atoms with Crippen LogP contribution in [0.1, 0.15) is 13.3 Å². The second-order valence-electron chi connectivity index (χ2n) is 3.62. The van der Waals surface area contributed by atoms with Gasteiger partial charge in [-0.1, -0.05) is 6.08 Å². The van der Waals surface area contributed by atoms with E-state index in [0.29, 0.717) is 5.88 Å². The Morgan fingerprint density at radius 3 is 3.07 bits per heavy atom. The number of alkyl halides is 1. The highest BCUT2D eigenvalue weighted by Crippen LogP contribution is 2.25. The summed E-state index contributed by atoms with van der Waals surface area (Å²) < 4.78 is 0. The van der Waals surface area contributed by atoms with E-state index in [2.05, 4.69) is 42.3 Å². The van der Waals surface area contributed by atoms with Crippen molar-refractivity contribution < 1.29 is 0 Å². The van der Waals surface area contributed by atoms with Crippen LogP contribution in [0.4, 0.5) is 0 Å². The zero-order chi connectivity index (χ0) is 9.97. The van der Waals surface area contributed by atoms with Crippen molar-refractivity contribution >= 4 is 11.6 Å². The molecule has 0 bridgehead atoms. The van der Waals surface area contributed by atoms with E-state index in [9.17, 15) is 0 Å². The van der Waals surface area contributed by atoms with Crippen molar-refractivity contribution in [1.29, 1.82) is 0 Å². The zero-order valence-electron chi connectivity index (χ0n) is 8.33. The normalized spacial score (nSPS) is 19.9. The summed E-state index contributed by atoms with van der Waals surface area (Å²) in [6.45, 7) is 3.16. The molecule has 1 nitrogen and oxygen atoms in total. The van der Waals surface area contributed by atoms with Gasteiger partial charge >= 0.3 is 0 Å². The van der Waals surface area contributed by atoms with Gasteiger partial charge in [0, 0.05) is 24.3 Å². The highest BCUT2D eigenvalue weighted by atomic mass is 35.5. The molecule has 0 unspecified atom stereocenters. The van der Waals surface area contributed by atoms with Crippen molar-refractivity contribution in [3.63, 3.8) is 0 Å². The molecule has 74 valence electrons. The molecule has 0 aromatic rings. The molecule has 0 spiro atoms. The maximum absolute atomic E-state index is 5.77. The van der Waals surface area contributed by atoms with E-state index in [1.54, 1.807) is 0 Å². The van der Waals surface area contributed by atoms with E-state index in [0.717, 1.165) is 13.0 Å². The number of hydrogen-bond donors (Lipinski definition) is 0. The predicted molar refractivity (Wildman–Crippen MR) is 61.1 cm³/mol. The molecule has 0 fully saturated rings. The van der Waals surface area contributed by atoms with Gasteiger partial charge in [0.1, 0.15) is 0 Å². The maximum atomic E-state index is 5.77.